The van der Waals surface area contributed by atoms with E-state index in [1.807, 2.05) is 16.2 Å². The van der Waals surface area contributed by atoms with Crippen LogP contribution in [0.3, 0.4) is 0 Å². The van der Waals surface area contributed by atoms with Gasteiger partial charge in [0.25, 0.3) is 0 Å². The van der Waals surface area contributed by atoms with Crippen molar-refractivity contribution in [2.45, 2.75) is 26.3 Å². The fourth-order valence-corrected chi connectivity index (χ4v) is 3.55. The van der Waals surface area contributed by atoms with E-state index >= 15 is 0 Å². The van der Waals surface area contributed by atoms with E-state index in [1.54, 1.807) is 0 Å². The molecule has 1 aromatic rings. The highest BCUT2D eigenvalue weighted by molar-refractivity contribution is 7.12. The number of hydrogen-bond donors (Lipinski definition) is 1. The Bertz CT molecular complexity index is 433. The summed E-state index contributed by atoms with van der Waals surface area (Å²) in [7, 11) is 0. The molecule has 1 N–H and O–H groups in total. The third-order valence-corrected chi connectivity index (χ3v) is 4.87. The minimum Gasteiger partial charge on any atom is -0.480 e. The molecule has 0 aliphatic carbocycles. The predicted octanol–water partition coefficient (Wildman–Crippen LogP) is 2.21. The van der Waals surface area contributed by atoms with Gasteiger partial charge in [0.1, 0.15) is 0 Å². The Morgan fingerprint density at radius 2 is 2.16 bits per heavy atom. The second kappa shape index (κ2) is 6.50. The van der Waals surface area contributed by atoms with Crippen molar-refractivity contribution in [3.05, 3.63) is 21.9 Å². The summed E-state index contributed by atoms with van der Waals surface area (Å²) < 4.78 is 0. The molecule has 106 valence electrons. The Morgan fingerprint density at radius 3 is 2.79 bits per heavy atom. The van der Waals surface area contributed by atoms with Gasteiger partial charge in [0.15, 0.2) is 0 Å². The van der Waals surface area contributed by atoms with E-state index in [1.165, 1.54) is 9.75 Å². The minimum absolute atomic E-state index is 0.167. The molecule has 1 aliphatic rings. The van der Waals surface area contributed by atoms with E-state index in [0.29, 0.717) is 6.04 Å². The van der Waals surface area contributed by atoms with Crippen molar-refractivity contribution in [3.8, 4) is 0 Å². The van der Waals surface area contributed by atoms with Crippen LogP contribution in [0.5, 0.6) is 0 Å². The van der Waals surface area contributed by atoms with Gasteiger partial charge in [-0.15, -0.1) is 11.3 Å². The zero-order valence-corrected chi connectivity index (χ0v) is 12.4. The summed E-state index contributed by atoms with van der Waals surface area (Å²) in [6, 6.07) is 4.82. The number of carboxylic acid groups (broad SMARTS) is 1. The van der Waals surface area contributed by atoms with Gasteiger partial charge in [-0.1, -0.05) is 0 Å². The van der Waals surface area contributed by atoms with E-state index in [2.05, 4.69) is 30.9 Å². The van der Waals surface area contributed by atoms with Gasteiger partial charge in [0, 0.05) is 42.0 Å². The number of carboxylic acids is 1. The van der Waals surface area contributed by atoms with Crippen molar-refractivity contribution in [2.75, 3.05) is 32.7 Å². The summed E-state index contributed by atoms with van der Waals surface area (Å²) in [5, 5.41) is 8.86. The second-order valence-corrected chi connectivity index (χ2v) is 6.50. The molecule has 1 atom stereocenters. The molecule has 1 fully saturated rings. The highest BCUT2D eigenvalue weighted by Gasteiger charge is 2.21. The van der Waals surface area contributed by atoms with Crippen molar-refractivity contribution in [1.82, 2.24) is 9.80 Å². The summed E-state index contributed by atoms with van der Waals surface area (Å²) in [4.78, 5) is 18.0. The van der Waals surface area contributed by atoms with E-state index in [4.69, 9.17) is 5.11 Å². The van der Waals surface area contributed by atoms with Gasteiger partial charge in [0.05, 0.1) is 6.54 Å². The van der Waals surface area contributed by atoms with Crippen molar-refractivity contribution >= 4 is 17.3 Å². The van der Waals surface area contributed by atoms with Crippen molar-refractivity contribution in [1.29, 1.82) is 0 Å². The molecule has 1 aromatic heterocycles. The Balaban J connectivity index is 1.93. The molecule has 0 spiro atoms. The normalized spacial score (nSPS) is 20.1. The first-order valence-electron chi connectivity index (χ1n) is 6.81. The van der Waals surface area contributed by atoms with Gasteiger partial charge < -0.3 is 5.11 Å². The monoisotopic (exact) mass is 282 g/mol. The van der Waals surface area contributed by atoms with Crippen LogP contribution in [0.25, 0.3) is 0 Å². The van der Waals surface area contributed by atoms with E-state index in [-0.39, 0.29) is 6.54 Å². The molecule has 2 rings (SSSR count). The standard InChI is InChI=1S/C14H22N2O2S/c1-11-4-5-13(19-11)12(2)16-7-3-6-15(8-9-16)10-14(17)18/h4-5,12H,3,6-10H2,1-2H3,(H,17,18). The Kier molecular flexibility index (Phi) is 4.96. The number of aliphatic carboxylic acids is 1. The van der Waals surface area contributed by atoms with Crippen molar-refractivity contribution in [3.63, 3.8) is 0 Å². The van der Waals surface area contributed by atoms with Crippen LogP contribution in [-0.4, -0.2) is 53.6 Å². The Labute approximate surface area is 118 Å². The van der Waals surface area contributed by atoms with Crippen molar-refractivity contribution in [2.24, 2.45) is 0 Å². The number of aryl methyl sites for hydroxylation is 1. The largest absolute Gasteiger partial charge is 0.480 e. The molecule has 0 radical (unpaired) electrons. The van der Waals surface area contributed by atoms with Crippen LogP contribution in [0, 0.1) is 6.92 Å². The van der Waals surface area contributed by atoms with Gasteiger partial charge in [-0.3, -0.25) is 14.6 Å². The molecule has 1 saturated heterocycles. The predicted molar refractivity (Wildman–Crippen MR) is 77.7 cm³/mol. The molecule has 0 amide bonds. The van der Waals surface area contributed by atoms with E-state index < -0.39 is 5.97 Å². The van der Waals surface area contributed by atoms with Gasteiger partial charge >= 0.3 is 5.97 Å². The second-order valence-electron chi connectivity index (χ2n) is 5.18. The zero-order valence-electron chi connectivity index (χ0n) is 11.6. The first-order chi connectivity index (χ1) is 9.06. The van der Waals surface area contributed by atoms with Crippen LogP contribution >= 0.6 is 11.3 Å². The summed E-state index contributed by atoms with van der Waals surface area (Å²) in [6.07, 6.45) is 1.04. The molecule has 1 aliphatic heterocycles. The summed E-state index contributed by atoms with van der Waals surface area (Å²) >= 11 is 1.86. The number of hydrogen-bond acceptors (Lipinski definition) is 4. The lowest BCUT2D eigenvalue weighted by Gasteiger charge is -2.27. The summed E-state index contributed by atoms with van der Waals surface area (Å²) in [6.45, 7) is 8.29. The molecule has 2 heterocycles. The van der Waals surface area contributed by atoms with Crippen LogP contribution in [0.15, 0.2) is 12.1 Å². The van der Waals surface area contributed by atoms with Crippen molar-refractivity contribution < 1.29 is 9.90 Å². The van der Waals surface area contributed by atoms with Crippen LogP contribution in [-0.2, 0) is 4.79 Å². The number of rotatable bonds is 4. The van der Waals surface area contributed by atoms with Crippen LogP contribution < -0.4 is 0 Å². The molecular formula is C14H22N2O2S. The maximum atomic E-state index is 10.8. The average molecular weight is 282 g/mol. The summed E-state index contributed by atoms with van der Waals surface area (Å²) in [5.41, 5.74) is 0. The lowest BCUT2D eigenvalue weighted by atomic mass is 10.2. The fourth-order valence-electron chi connectivity index (χ4n) is 2.59. The van der Waals surface area contributed by atoms with Gasteiger partial charge in [0.2, 0.25) is 0 Å². The van der Waals surface area contributed by atoms with Gasteiger partial charge in [-0.25, -0.2) is 0 Å². The lowest BCUT2D eigenvalue weighted by molar-refractivity contribution is -0.138. The average Bonchev–Trinajstić information content (AvgIpc) is 2.65. The smallest absolute Gasteiger partial charge is 0.317 e. The molecule has 0 aromatic carbocycles. The third kappa shape index (κ3) is 4.03. The first-order valence-corrected chi connectivity index (χ1v) is 7.62. The van der Waals surface area contributed by atoms with Crippen LogP contribution in [0.4, 0.5) is 0 Å². The highest BCUT2D eigenvalue weighted by atomic mass is 32.1. The van der Waals surface area contributed by atoms with E-state index in [9.17, 15) is 4.79 Å². The third-order valence-electron chi connectivity index (χ3n) is 3.70. The minimum atomic E-state index is -0.726. The molecule has 1 unspecified atom stereocenters. The maximum Gasteiger partial charge on any atom is 0.317 e. The molecule has 4 nitrogen and oxygen atoms in total. The van der Waals surface area contributed by atoms with Gasteiger partial charge in [-0.2, -0.15) is 0 Å². The number of nitrogens with zero attached hydrogens (tertiary/aromatic N) is 2. The fraction of sp³-hybridized carbons (Fsp3) is 0.643. The zero-order chi connectivity index (χ0) is 13.8. The lowest BCUT2D eigenvalue weighted by Crippen LogP contribution is -2.34. The Morgan fingerprint density at radius 1 is 1.37 bits per heavy atom. The summed E-state index contributed by atoms with van der Waals surface area (Å²) in [5.74, 6) is -0.726. The first kappa shape index (κ1) is 14.5. The van der Waals surface area contributed by atoms with Crippen LogP contribution in [0.2, 0.25) is 0 Å². The molecular weight excluding hydrogens is 260 g/mol. The van der Waals surface area contributed by atoms with Gasteiger partial charge in [-0.05, 0) is 32.4 Å². The number of thiophene rings is 1. The quantitative estimate of drug-likeness (QED) is 0.919. The Hall–Kier alpha value is -0.910. The topological polar surface area (TPSA) is 43.8 Å². The van der Waals surface area contributed by atoms with Crippen LogP contribution in [0.1, 0.15) is 29.1 Å². The molecule has 0 bridgehead atoms. The van der Waals surface area contributed by atoms with E-state index in [0.717, 1.165) is 32.6 Å². The highest BCUT2D eigenvalue weighted by Crippen LogP contribution is 2.27. The molecule has 0 saturated carbocycles. The molecule has 19 heavy (non-hydrogen) atoms. The maximum absolute atomic E-state index is 10.8. The number of carbonyl (C=O) groups is 1. The molecule has 5 heteroatoms. The SMILES string of the molecule is Cc1ccc(C(C)N2CCCN(CC(=O)O)CC2)s1.